The van der Waals surface area contributed by atoms with Crippen LogP contribution in [0.15, 0.2) is 48.7 Å². The van der Waals surface area contributed by atoms with E-state index in [0.29, 0.717) is 5.59 Å². The van der Waals surface area contributed by atoms with E-state index >= 15 is 0 Å². The third-order valence-corrected chi connectivity index (χ3v) is 4.68. The first kappa shape index (κ1) is 16.8. The lowest BCUT2D eigenvalue weighted by Gasteiger charge is -2.32. The van der Waals surface area contributed by atoms with E-state index in [1.54, 1.807) is 12.3 Å². The van der Waals surface area contributed by atoms with Crippen molar-refractivity contribution in [2.75, 3.05) is 0 Å². The van der Waals surface area contributed by atoms with E-state index in [1.165, 1.54) is 4.57 Å². The molecule has 3 rings (SSSR count). The maximum absolute atomic E-state index is 12.4. The summed E-state index contributed by atoms with van der Waals surface area (Å²) in [6.07, 6.45) is 1.21. The molecule has 0 radical (unpaired) electrons. The number of aromatic nitrogens is 1. The van der Waals surface area contributed by atoms with Crippen molar-refractivity contribution in [3.8, 4) is 0 Å². The number of hydrogen-bond donors (Lipinski definition) is 0. The molecule has 1 aliphatic heterocycles. The predicted octanol–water partition coefficient (Wildman–Crippen LogP) is 2.97. The number of benzene rings is 1. The largest absolute Gasteiger partial charge is 0.513 e. The van der Waals surface area contributed by atoms with Gasteiger partial charge in [0.2, 0.25) is 0 Å². The maximum atomic E-state index is 12.4. The standard InChI is InChI=1S/C18H22BNO4/c1-17(2)18(3,4)24-19(23-17)15-11-8-12-20(15)16(21)22-13-14-9-6-5-7-10-14/h5-12H,13H2,1-4H3. The molecule has 1 aromatic heterocycles. The van der Waals surface area contributed by atoms with E-state index in [0.717, 1.165) is 5.56 Å². The summed E-state index contributed by atoms with van der Waals surface area (Å²) >= 11 is 0. The molecule has 0 atom stereocenters. The molecule has 6 heteroatoms. The van der Waals surface area contributed by atoms with Crippen molar-refractivity contribution in [2.24, 2.45) is 0 Å². The summed E-state index contributed by atoms with van der Waals surface area (Å²) in [4.78, 5) is 12.4. The fraction of sp³-hybridized carbons (Fsp3) is 0.389. The first-order chi connectivity index (χ1) is 11.3. The van der Waals surface area contributed by atoms with E-state index in [1.807, 2.05) is 64.1 Å². The summed E-state index contributed by atoms with van der Waals surface area (Å²) in [5.74, 6) is 0. The summed E-state index contributed by atoms with van der Waals surface area (Å²) in [6.45, 7) is 8.14. The van der Waals surface area contributed by atoms with Gasteiger partial charge < -0.3 is 14.0 Å². The van der Waals surface area contributed by atoms with Gasteiger partial charge in [-0.15, -0.1) is 0 Å². The van der Waals surface area contributed by atoms with Crippen LogP contribution in [0.5, 0.6) is 0 Å². The first-order valence-corrected chi connectivity index (χ1v) is 8.04. The van der Waals surface area contributed by atoms with Gasteiger partial charge in [0.25, 0.3) is 0 Å². The molecule has 126 valence electrons. The van der Waals surface area contributed by atoms with Crippen molar-refractivity contribution < 1.29 is 18.8 Å². The minimum absolute atomic E-state index is 0.223. The Kier molecular flexibility index (Phi) is 4.28. The highest BCUT2D eigenvalue weighted by Crippen LogP contribution is 2.36. The van der Waals surface area contributed by atoms with Gasteiger partial charge in [-0.3, -0.25) is 4.57 Å². The van der Waals surface area contributed by atoms with Gasteiger partial charge in [0, 0.05) is 6.20 Å². The van der Waals surface area contributed by atoms with Crippen LogP contribution in [0.2, 0.25) is 0 Å². The Morgan fingerprint density at radius 3 is 2.29 bits per heavy atom. The van der Waals surface area contributed by atoms with Crippen LogP contribution in [0.3, 0.4) is 0 Å². The Morgan fingerprint density at radius 2 is 1.67 bits per heavy atom. The number of carbonyl (C=O) groups is 1. The summed E-state index contributed by atoms with van der Waals surface area (Å²) in [5.41, 5.74) is 0.656. The second kappa shape index (κ2) is 6.11. The Balaban J connectivity index is 1.73. The summed E-state index contributed by atoms with van der Waals surface area (Å²) in [7, 11) is -0.603. The van der Waals surface area contributed by atoms with Gasteiger partial charge in [-0.05, 0) is 45.4 Å². The summed E-state index contributed by atoms with van der Waals surface area (Å²) < 4.78 is 18.8. The molecule has 1 saturated heterocycles. The normalized spacial score (nSPS) is 18.6. The van der Waals surface area contributed by atoms with Gasteiger partial charge in [-0.1, -0.05) is 30.3 Å². The minimum atomic E-state index is -0.603. The third kappa shape index (κ3) is 3.12. The lowest BCUT2D eigenvalue weighted by atomic mass is 9.85. The summed E-state index contributed by atoms with van der Waals surface area (Å²) in [5, 5.41) is 0. The van der Waals surface area contributed by atoms with Gasteiger partial charge in [0.15, 0.2) is 0 Å². The third-order valence-electron chi connectivity index (χ3n) is 4.68. The van der Waals surface area contributed by atoms with Crippen LogP contribution in [0.25, 0.3) is 0 Å². The van der Waals surface area contributed by atoms with E-state index in [9.17, 15) is 4.79 Å². The van der Waals surface area contributed by atoms with Crippen LogP contribution in [0.4, 0.5) is 4.79 Å². The molecule has 0 N–H and O–H groups in total. The van der Waals surface area contributed by atoms with Gasteiger partial charge in [0.1, 0.15) is 6.61 Å². The molecule has 1 fully saturated rings. The molecule has 2 heterocycles. The molecule has 0 spiro atoms. The zero-order chi connectivity index (χ0) is 17.4. The van der Waals surface area contributed by atoms with Crippen LogP contribution in [0, 0.1) is 0 Å². The molecular formula is C18H22BNO4. The Morgan fingerprint density at radius 1 is 1.04 bits per heavy atom. The molecule has 0 aliphatic carbocycles. The molecule has 24 heavy (non-hydrogen) atoms. The highest BCUT2D eigenvalue weighted by molar-refractivity contribution is 6.61. The number of hydrogen-bond acceptors (Lipinski definition) is 4. The van der Waals surface area contributed by atoms with Gasteiger partial charge >= 0.3 is 13.2 Å². The van der Waals surface area contributed by atoms with Crippen molar-refractivity contribution in [3.05, 3.63) is 54.2 Å². The smallest absolute Gasteiger partial charge is 0.444 e. The molecular weight excluding hydrogens is 305 g/mol. The monoisotopic (exact) mass is 327 g/mol. The zero-order valence-corrected chi connectivity index (χ0v) is 14.5. The van der Waals surface area contributed by atoms with Gasteiger partial charge in [-0.25, -0.2) is 4.79 Å². The Bertz CT molecular complexity index is 708. The second-order valence-electron chi connectivity index (χ2n) is 6.93. The van der Waals surface area contributed by atoms with Crippen LogP contribution in [-0.4, -0.2) is 29.0 Å². The topological polar surface area (TPSA) is 49.7 Å². The van der Waals surface area contributed by atoms with Crippen molar-refractivity contribution in [2.45, 2.75) is 45.5 Å². The average Bonchev–Trinajstić information content (AvgIpc) is 3.09. The van der Waals surface area contributed by atoms with Crippen LogP contribution in [0.1, 0.15) is 33.3 Å². The predicted molar refractivity (Wildman–Crippen MR) is 92.2 cm³/mol. The first-order valence-electron chi connectivity index (χ1n) is 8.04. The van der Waals surface area contributed by atoms with Crippen LogP contribution < -0.4 is 5.59 Å². The zero-order valence-electron chi connectivity index (χ0n) is 14.5. The highest BCUT2D eigenvalue weighted by atomic mass is 16.7. The number of carbonyl (C=O) groups excluding carboxylic acids is 1. The number of ether oxygens (including phenoxy) is 1. The number of nitrogens with zero attached hydrogens (tertiary/aromatic N) is 1. The molecule has 5 nitrogen and oxygen atoms in total. The fourth-order valence-corrected chi connectivity index (χ4v) is 2.51. The van der Waals surface area contributed by atoms with Crippen LogP contribution >= 0.6 is 0 Å². The van der Waals surface area contributed by atoms with Gasteiger partial charge in [-0.2, -0.15) is 0 Å². The van der Waals surface area contributed by atoms with E-state index < -0.39 is 24.4 Å². The SMILES string of the molecule is CC1(C)OB(c2cccn2C(=O)OCc2ccccc2)OC1(C)C. The molecule has 1 aromatic carbocycles. The van der Waals surface area contributed by atoms with Crippen LogP contribution in [-0.2, 0) is 20.7 Å². The molecule has 2 aromatic rings. The summed E-state index contributed by atoms with van der Waals surface area (Å²) in [6, 6.07) is 13.2. The van der Waals surface area contributed by atoms with Crippen molar-refractivity contribution in [1.29, 1.82) is 0 Å². The lowest BCUT2D eigenvalue weighted by molar-refractivity contribution is 0.00578. The lowest BCUT2D eigenvalue weighted by Crippen LogP contribution is -2.41. The molecule has 0 bridgehead atoms. The second-order valence-corrected chi connectivity index (χ2v) is 6.93. The Hall–Kier alpha value is -2.05. The van der Waals surface area contributed by atoms with Crippen molar-refractivity contribution >= 4 is 18.8 Å². The highest BCUT2D eigenvalue weighted by Gasteiger charge is 2.52. The van der Waals surface area contributed by atoms with E-state index in [4.69, 9.17) is 14.0 Å². The number of rotatable bonds is 3. The Labute approximate surface area is 142 Å². The molecule has 0 unspecified atom stereocenters. The average molecular weight is 327 g/mol. The maximum Gasteiger partial charge on any atom is 0.513 e. The molecule has 0 amide bonds. The quantitative estimate of drug-likeness (QED) is 0.813. The minimum Gasteiger partial charge on any atom is -0.444 e. The van der Waals surface area contributed by atoms with E-state index in [2.05, 4.69) is 0 Å². The van der Waals surface area contributed by atoms with Gasteiger partial charge in [0.05, 0.1) is 16.8 Å². The van der Waals surface area contributed by atoms with E-state index in [-0.39, 0.29) is 6.61 Å². The fourth-order valence-electron chi connectivity index (χ4n) is 2.51. The van der Waals surface area contributed by atoms with Crippen molar-refractivity contribution in [3.63, 3.8) is 0 Å². The molecule has 0 saturated carbocycles. The van der Waals surface area contributed by atoms with Crippen molar-refractivity contribution in [1.82, 2.24) is 4.57 Å². The molecule has 1 aliphatic rings.